The average molecular weight is 421 g/mol. The SMILES string of the molecule is CCCCOCC(O)COc1ccc(OCC(O)COCCCC)c2ccccc12. The van der Waals surface area contributed by atoms with Gasteiger partial charge in [0.05, 0.1) is 13.2 Å². The van der Waals surface area contributed by atoms with Gasteiger partial charge in [0.1, 0.15) is 36.9 Å². The average Bonchev–Trinajstić information content (AvgIpc) is 2.77. The molecule has 0 fully saturated rings. The lowest BCUT2D eigenvalue weighted by molar-refractivity contribution is 0.0110. The first kappa shape index (κ1) is 24.4. The number of hydrogen-bond donors (Lipinski definition) is 2. The van der Waals surface area contributed by atoms with Crippen molar-refractivity contribution in [3.63, 3.8) is 0 Å². The predicted octanol–water partition coefficient (Wildman–Crippen LogP) is 3.95. The summed E-state index contributed by atoms with van der Waals surface area (Å²) >= 11 is 0. The Morgan fingerprint density at radius 3 is 1.50 bits per heavy atom. The third kappa shape index (κ3) is 8.48. The van der Waals surface area contributed by atoms with Crippen molar-refractivity contribution in [2.75, 3.05) is 39.6 Å². The van der Waals surface area contributed by atoms with Gasteiger partial charge in [0.15, 0.2) is 0 Å². The van der Waals surface area contributed by atoms with E-state index >= 15 is 0 Å². The molecule has 2 N–H and O–H groups in total. The minimum absolute atomic E-state index is 0.157. The van der Waals surface area contributed by atoms with E-state index in [4.69, 9.17) is 18.9 Å². The number of aliphatic hydroxyl groups excluding tert-OH is 2. The molecule has 0 saturated carbocycles. The van der Waals surface area contributed by atoms with Crippen molar-refractivity contribution in [2.45, 2.75) is 51.7 Å². The van der Waals surface area contributed by atoms with Crippen molar-refractivity contribution in [3.8, 4) is 11.5 Å². The van der Waals surface area contributed by atoms with Gasteiger partial charge in [0, 0.05) is 24.0 Å². The molecule has 2 unspecified atom stereocenters. The Labute approximate surface area is 179 Å². The van der Waals surface area contributed by atoms with Gasteiger partial charge in [-0.2, -0.15) is 0 Å². The summed E-state index contributed by atoms with van der Waals surface area (Å²) in [6.45, 7) is 6.34. The molecule has 0 bridgehead atoms. The van der Waals surface area contributed by atoms with E-state index in [-0.39, 0.29) is 26.4 Å². The zero-order chi connectivity index (χ0) is 21.6. The van der Waals surface area contributed by atoms with Gasteiger partial charge >= 0.3 is 0 Å². The highest BCUT2D eigenvalue weighted by molar-refractivity contribution is 5.93. The van der Waals surface area contributed by atoms with Crippen molar-refractivity contribution < 1.29 is 29.2 Å². The third-order valence-corrected chi connectivity index (χ3v) is 4.61. The lowest BCUT2D eigenvalue weighted by Crippen LogP contribution is -2.24. The third-order valence-electron chi connectivity index (χ3n) is 4.61. The number of rotatable bonds is 16. The van der Waals surface area contributed by atoms with Crippen LogP contribution in [0.5, 0.6) is 11.5 Å². The molecule has 0 radical (unpaired) electrons. The highest BCUT2D eigenvalue weighted by Gasteiger charge is 2.12. The molecule has 2 aromatic rings. The minimum Gasteiger partial charge on any atom is -0.490 e. The summed E-state index contributed by atoms with van der Waals surface area (Å²) in [5, 5.41) is 21.9. The van der Waals surface area contributed by atoms with E-state index in [0.717, 1.165) is 36.5 Å². The molecule has 0 saturated heterocycles. The van der Waals surface area contributed by atoms with E-state index in [2.05, 4.69) is 13.8 Å². The van der Waals surface area contributed by atoms with Crippen LogP contribution in [-0.2, 0) is 9.47 Å². The van der Waals surface area contributed by atoms with E-state index in [1.807, 2.05) is 36.4 Å². The van der Waals surface area contributed by atoms with Crippen LogP contribution in [0, 0.1) is 0 Å². The zero-order valence-corrected chi connectivity index (χ0v) is 18.2. The van der Waals surface area contributed by atoms with Crippen LogP contribution in [0.15, 0.2) is 36.4 Å². The van der Waals surface area contributed by atoms with Gasteiger partial charge < -0.3 is 29.2 Å². The van der Waals surface area contributed by atoms with Crippen LogP contribution in [0.25, 0.3) is 10.8 Å². The second-order valence-electron chi connectivity index (χ2n) is 7.39. The molecule has 168 valence electrons. The van der Waals surface area contributed by atoms with Crippen LogP contribution in [0.3, 0.4) is 0 Å². The maximum absolute atomic E-state index is 10.1. The fourth-order valence-corrected chi connectivity index (χ4v) is 2.90. The van der Waals surface area contributed by atoms with Crippen molar-refractivity contribution in [2.24, 2.45) is 0 Å². The maximum atomic E-state index is 10.1. The fourth-order valence-electron chi connectivity index (χ4n) is 2.90. The monoisotopic (exact) mass is 420 g/mol. The van der Waals surface area contributed by atoms with Gasteiger partial charge in [-0.05, 0) is 25.0 Å². The summed E-state index contributed by atoms with van der Waals surface area (Å²) < 4.78 is 22.6. The number of hydrogen-bond acceptors (Lipinski definition) is 6. The molecule has 6 nitrogen and oxygen atoms in total. The number of fused-ring (bicyclic) bond motifs is 1. The molecule has 30 heavy (non-hydrogen) atoms. The number of benzene rings is 2. The first-order valence-corrected chi connectivity index (χ1v) is 10.9. The van der Waals surface area contributed by atoms with Gasteiger partial charge in [0.2, 0.25) is 0 Å². The molecule has 2 rings (SSSR count). The standard InChI is InChI=1S/C24H36O6/c1-3-5-13-27-15-19(25)17-29-23-11-12-24(22-10-8-7-9-21(22)23)30-18-20(26)16-28-14-6-4-2/h7-12,19-20,25-26H,3-6,13-18H2,1-2H3. The van der Waals surface area contributed by atoms with Crippen molar-refractivity contribution in [3.05, 3.63) is 36.4 Å². The molecule has 0 aliphatic rings. The van der Waals surface area contributed by atoms with E-state index in [1.54, 1.807) is 0 Å². The van der Waals surface area contributed by atoms with Crippen LogP contribution in [0.1, 0.15) is 39.5 Å². The number of unbranched alkanes of at least 4 members (excludes halogenated alkanes) is 2. The fraction of sp³-hybridized carbons (Fsp3) is 0.583. The summed E-state index contributed by atoms with van der Waals surface area (Å²) in [5.41, 5.74) is 0. The van der Waals surface area contributed by atoms with E-state index in [9.17, 15) is 10.2 Å². The second kappa shape index (κ2) is 14.2. The van der Waals surface area contributed by atoms with E-state index < -0.39 is 12.2 Å². The van der Waals surface area contributed by atoms with E-state index in [1.165, 1.54) is 0 Å². The summed E-state index contributed by atoms with van der Waals surface area (Å²) in [7, 11) is 0. The molecular weight excluding hydrogens is 384 g/mol. The number of aliphatic hydroxyl groups is 2. The molecule has 0 heterocycles. The molecule has 0 amide bonds. The van der Waals surface area contributed by atoms with Crippen molar-refractivity contribution >= 4 is 10.8 Å². The van der Waals surface area contributed by atoms with Crippen molar-refractivity contribution in [1.82, 2.24) is 0 Å². The Morgan fingerprint density at radius 1 is 0.667 bits per heavy atom. The van der Waals surface area contributed by atoms with Gasteiger partial charge in [-0.3, -0.25) is 0 Å². The Bertz CT molecular complexity index is 659. The lowest BCUT2D eigenvalue weighted by Gasteiger charge is -2.17. The van der Waals surface area contributed by atoms with Crippen molar-refractivity contribution in [1.29, 1.82) is 0 Å². The maximum Gasteiger partial charge on any atom is 0.127 e. The quantitative estimate of drug-likeness (QED) is 0.401. The van der Waals surface area contributed by atoms with Gasteiger partial charge in [-0.1, -0.05) is 51.0 Å². The molecule has 2 aromatic carbocycles. The molecule has 0 aliphatic heterocycles. The predicted molar refractivity (Wildman–Crippen MR) is 118 cm³/mol. The molecule has 6 heteroatoms. The summed E-state index contributed by atoms with van der Waals surface area (Å²) in [4.78, 5) is 0. The van der Waals surface area contributed by atoms with Crippen LogP contribution in [-0.4, -0.2) is 62.1 Å². The topological polar surface area (TPSA) is 77.4 Å². The van der Waals surface area contributed by atoms with Crippen LogP contribution in [0.4, 0.5) is 0 Å². The van der Waals surface area contributed by atoms with Gasteiger partial charge in [0.25, 0.3) is 0 Å². The summed E-state index contributed by atoms with van der Waals surface area (Å²) in [6, 6.07) is 11.4. The number of ether oxygens (including phenoxy) is 4. The van der Waals surface area contributed by atoms with Gasteiger partial charge in [-0.15, -0.1) is 0 Å². The smallest absolute Gasteiger partial charge is 0.127 e. The largest absolute Gasteiger partial charge is 0.490 e. The Kier molecular flexibility index (Phi) is 11.6. The van der Waals surface area contributed by atoms with E-state index in [0.29, 0.717) is 24.7 Å². The molecule has 0 spiro atoms. The normalized spacial score (nSPS) is 13.3. The van der Waals surface area contributed by atoms with Crippen LogP contribution >= 0.6 is 0 Å². The lowest BCUT2D eigenvalue weighted by atomic mass is 10.1. The van der Waals surface area contributed by atoms with Crippen LogP contribution < -0.4 is 9.47 Å². The Hall–Kier alpha value is -1.86. The van der Waals surface area contributed by atoms with Crippen LogP contribution in [0.2, 0.25) is 0 Å². The molecule has 0 aromatic heterocycles. The molecule has 2 atom stereocenters. The second-order valence-corrected chi connectivity index (χ2v) is 7.39. The first-order chi connectivity index (χ1) is 14.7. The van der Waals surface area contributed by atoms with Gasteiger partial charge in [-0.25, -0.2) is 0 Å². The minimum atomic E-state index is -0.681. The Morgan fingerprint density at radius 2 is 1.10 bits per heavy atom. The summed E-state index contributed by atoms with van der Waals surface area (Å²) in [5.74, 6) is 1.35. The zero-order valence-electron chi connectivity index (χ0n) is 18.2. The Balaban J connectivity index is 1.91. The highest BCUT2D eigenvalue weighted by Crippen LogP contribution is 2.33. The summed E-state index contributed by atoms with van der Waals surface area (Å²) in [6.07, 6.45) is 2.74. The molecular formula is C24H36O6. The molecule has 0 aliphatic carbocycles. The highest BCUT2D eigenvalue weighted by atomic mass is 16.5. The first-order valence-electron chi connectivity index (χ1n) is 10.9.